The molecule has 22 heavy (non-hydrogen) atoms. The normalized spacial score (nSPS) is 20.1. The maximum atomic E-state index is 6.27. The molecule has 0 spiro atoms. The number of fused-ring (bicyclic) bond motifs is 3. The molecule has 4 rings (SSSR count). The zero-order chi connectivity index (χ0) is 15.5. The van der Waals surface area contributed by atoms with Crippen molar-refractivity contribution in [2.24, 2.45) is 0 Å². The number of hydrogen-bond acceptors (Lipinski definition) is 2. The van der Waals surface area contributed by atoms with Crippen LogP contribution in [0.4, 0.5) is 0 Å². The van der Waals surface area contributed by atoms with E-state index in [1.54, 1.807) is 0 Å². The van der Waals surface area contributed by atoms with E-state index in [-0.39, 0.29) is 38.8 Å². The summed E-state index contributed by atoms with van der Waals surface area (Å²) in [5, 5.41) is 2.78. The van der Waals surface area contributed by atoms with E-state index in [0.29, 0.717) is 0 Å². The molecule has 0 saturated carbocycles. The van der Waals surface area contributed by atoms with Crippen LogP contribution < -0.4 is 5.46 Å². The van der Waals surface area contributed by atoms with E-state index in [2.05, 4.69) is 70.2 Å². The molecule has 1 aliphatic heterocycles. The van der Waals surface area contributed by atoms with Gasteiger partial charge in [0.1, 0.15) is 0 Å². The van der Waals surface area contributed by atoms with Gasteiger partial charge in [-0.2, -0.15) is 0 Å². The quantitative estimate of drug-likeness (QED) is 0.578. The summed E-state index contributed by atoms with van der Waals surface area (Å²) in [5.74, 6) is 0. The second-order valence-corrected chi connectivity index (χ2v) is 9.91. The first-order valence-electron chi connectivity index (χ1n) is 7.65. The van der Waals surface area contributed by atoms with Crippen molar-refractivity contribution in [3.05, 3.63) is 42.5 Å². The van der Waals surface area contributed by atoms with Gasteiger partial charge in [-0.3, -0.25) is 0 Å². The fraction of sp³-hybridized carbons (Fsp3) is 0.333. The third kappa shape index (κ3) is 2.09. The average Bonchev–Trinajstić information content (AvgIpc) is 2.93. The Kier molecular flexibility index (Phi) is 3.26. The van der Waals surface area contributed by atoms with Crippen molar-refractivity contribution in [2.45, 2.75) is 38.9 Å². The van der Waals surface area contributed by atoms with E-state index >= 15 is 0 Å². The van der Waals surface area contributed by atoms with Crippen LogP contribution in [0.1, 0.15) is 27.7 Å². The molecule has 3 aromatic rings. The zero-order valence-electron chi connectivity index (χ0n) is 13.3. The molecule has 0 radical (unpaired) electrons. The molecule has 2 aromatic carbocycles. The summed E-state index contributed by atoms with van der Waals surface area (Å²) in [6, 6.07) is 15.3. The molecule has 0 N–H and O–H groups in total. The van der Waals surface area contributed by atoms with Crippen LogP contribution in [-0.2, 0) is 9.31 Å². The van der Waals surface area contributed by atoms with Gasteiger partial charge in [0.25, 0.3) is 0 Å². The van der Waals surface area contributed by atoms with Crippen LogP contribution in [0, 0.1) is 0 Å². The molecule has 1 fully saturated rings. The van der Waals surface area contributed by atoms with Crippen molar-refractivity contribution in [3.63, 3.8) is 0 Å². The molecule has 1 saturated heterocycles. The summed E-state index contributed by atoms with van der Waals surface area (Å²) >= 11 is -0.364. The van der Waals surface area contributed by atoms with Crippen molar-refractivity contribution < 1.29 is 9.31 Å². The van der Waals surface area contributed by atoms with Crippen molar-refractivity contribution in [2.75, 3.05) is 0 Å². The maximum absolute atomic E-state index is 6.27. The predicted octanol–water partition coefficient (Wildman–Crippen LogP) is 3.35. The molecule has 0 bridgehead atoms. The van der Waals surface area contributed by atoms with Gasteiger partial charge in [-0.25, -0.2) is 0 Å². The standard InChI is InChI=1S/C18H19BO2Te/c1-17(2)18(3,4)21-19(20-17)14-10-7-9-13-12-8-5-6-11-15(12)22-16(13)14/h5-11H,1-4H3. The molecule has 1 aliphatic rings. The Hall–Kier alpha value is -0.785. The summed E-state index contributed by atoms with van der Waals surface area (Å²) in [5.41, 5.74) is 0.661. The summed E-state index contributed by atoms with van der Waals surface area (Å²) in [7, 11) is -0.251. The Morgan fingerprint density at radius 2 is 1.45 bits per heavy atom. The summed E-state index contributed by atoms with van der Waals surface area (Å²) in [6.45, 7) is 8.45. The first-order chi connectivity index (χ1) is 10.4. The van der Waals surface area contributed by atoms with Crippen molar-refractivity contribution >= 4 is 50.6 Å². The molecule has 0 aliphatic carbocycles. The Balaban J connectivity index is 1.90. The average molecular weight is 406 g/mol. The van der Waals surface area contributed by atoms with Crippen LogP contribution in [0.2, 0.25) is 0 Å². The Morgan fingerprint density at radius 1 is 0.818 bits per heavy atom. The first kappa shape index (κ1) is 14.8. The van der Waals surface area contributed by atoms with Crippen molar-refractivity contribution in [1.29, 1.82) is 0 Å². The van der Waals surface area contributed by atoms with Gasteiger partial charge in [-0.1, -0.05) is 0 Å². The van der Waals surface area contributed by atoms with Crippen LogP contribution in [0.15, 0.2) is 42.5 Å². The van der Waals surface area contributed by atoms with E-state index in [0.717, 1.165) is 0 Å². The number of benzene rings is 2. The van der Waals surface area contributed by atoms with E-state index in [9.17, 15) is 0 Å². The van der Waals surface area contributed by atoms with Crippen LogP contribution in [0.25, 0.3) is 17.6 Å². The SMILES string of the molecule is CC1(C)OB(c2cccc3c2[te]c2ccccc23)OC1(C)C. The molecule has 4 heteroatoms. The first-order valence-corrected chi connectivity index (χ1v) is 9.98. The molecule has 112 valence electrons. The van der Waals surface area contributed by atoms with Crippen molar-refractivity contribution in [1.82, 2.24) is 0 Å². The fourth-order valence-electron chi connectivity index (χ4n) is 2.92. The van der Waals surface area contributed by atoms with Gasteiger partial charge in [-0.15, -0.1) is 0 Å². The van der Waals surface area contributed by atoms with Gasteiger partial charge in [0.05, 0.1) is 0 Å². The number of hydrogen-bond donors (Lipinski definition) is 0. The third-order valence-electron chi connectivity index (χ3n) is 4.94. The second-order valence-electron chi connectivity index (χ2n) is 6.91. The van der Waals surface area contributed by atoms with Gasteiger partial charge >= 0.3 is 141 Å². The molecule has 1 aromatic heterocycles. The van der Waals surface area contributed by atoms with Gasteiger partial charge in [0.2, 0.25) is 0 Å². The molecular formula is C18H19BO2Te. The summed E-state index contributed by atoms with van der Waals surface area (Å²) in [4.78, 5) is 0. The van der Waals surface area contributed by atoms with E-state index in [1.807, 2.05) is 0 Å². The van der Waals surface area contributed by atoms with Crippen LogP contribution in [0.5, 0.6) is 0 Å². The summed E-state index contributed by atoms with van der Waals surface area (Å²) < 4.78 is 15.5. The molecule has 0 unspecified atom stereocenters. The molecule has 0 amide bonds. The Morgan fingerprint density at radius 3 is 2.18 bits per heavy atom. The summed E-state index contributed by atoms with van der Waals surface area (Å²) in [6.07, 6.45) is 0. The van der Waals surface area contributed by atoms with Gasteiger partial charge in [-0.05, 0) is 0 Å². The second kappa shape index (κ2) is 4.85. The Labute approximate surface area is 141 Å². The molecule has 2 nitrogen and oxygen atoms in total. The molecule has 2 heterocycles. The minimum atomic E-state index is -0.364. The van der Waals surface area contributed by atoms with Crippen LogP contribution in [-0.4, -0.2) is 38.8 Å². The molecular weight excluding hydrogens is 387 g/mol. The third-order valence-corrected chi connectivity index (χ3v) is 8.47. The predicted molar refractivity (Wildman–Crippen MR) is 94.1 cm³/mol. The topological polar surface area (TPSA) is 18.5 Å². The molecule has 0 atom stereocenters. The van der Waals surface area contributed by atoms with Crippen molar-refractivity contribution in [3.8, 4) is 0 Å². The Bertz CT molecular complexity index is 850. The van der Waals surface area contributed by atoms with Crippen LogP contribution >= 0.6 is 0 Å². The van der Waals surface area contributed by atoms with Gasteiger partial charge < -0.3 is 0 Å². The van der Waals surface area contributed by atoms with E-state index in [4.69, 9.17) is 9.31 Å². The van der Waals surface area contributed by atoms with Crippen LogP contribution in [0.3, 0.4) is 0 Å². The number of rotatable bonds is 1. The monoisotopic (exact) mass is 408 g/mol. The van der Waals surface area contributed by atoms with Gasteiger partial charge in [0, 0.05) is 0 Å². The fourth-order valence-corrected chi connectivity index (χ4v) is 6.42. The van der Waals surface area contributed by atoms with E-state index < -0.39 is 0 Å². The van der Waals surface area contributed by atoms with Gasteiger partial charge in [0.15, 0.2) is 0 Å². The zero-order valence-corrected chi connectivity index (χ0v) is 15.7. The van der Waals surface area contributed by atoms with E-state index in [1.165, 1.54) is 23.0 Å². The minimum absolute atomic E-state index is 0.251.